The van der Waals surface area contributed by atoms with Crippen LogP contribution in [0.2, 0.25) is 0 Å². The number of hydrogen-bond acceptors (Lipinski definition) is 5. The van der Waals surface area contributed by atoms with Gasteiger partial charge in [0, 0.05) is 50.0 Å². The number of methoxy groups -OCH3 is 1. The largest absolute Gasteiger partial charge is 0.479 e. The molecule has 2 aliphatic rings. The SMILES string of the molecule is COC1(c2cc(F)cc(Sc3ccc4c(c3)OC(C)C(=O)N4C)c2)CCOCC1. The van der Waals surface area contributed by atoms with Gasteiger partial charge in [-0.1, -0.05) is 11.8 Å². The van der Waals surface area contributed by atoms with Gasteiger partial charge in [-0.3, -0.25) is 4.79 Å². The maximum atomic E-state index is 14.4. The predicted molar refractivity (Wildman–Crippen MR) is 109 cm³/mol. The van der Waals surface area contributed by atoms with Crippen LogP contribution in [0.15, 0.2) is 46.2 Å². The Morgan fingerprint density at radius 3 is 2.66 bits per heavy atom. The van der Waals surface area contributed by atoms with Crippen molar-refractivity contribution in [1.29, 1.82) is 0 Å². The molecule has 2 aromatic rings. The zero-order valence-electron chi connectivity index (χ0n) is 16.7. The maximum absolute atomic E-state index is 14.4. The number of amides is 1. The third kappa shape index (κ3) is 3.86. The van der Waals surface area contributed by atoms with Gasteiger partial charge in [0.05, 0.1) is 11.3 Å². The van der Waals surface area contributed by atoms with Crippen molar-refractivity contribution in [1.82, 2.24) is 0 Å². The molecule has 1 saturated heterocycles. The second kappa shape index (κ2) is 7.97. The second-order valence-corrected chi connectivity index (χ2v) is 8.52. The number of likely N-dealkylation sites (N-methyl/N-ethyl adjacent to an activating group) is 1. The van der Waals surface area contributed by atoms with E-state index in [1.165, 1.54) is 17.8 Å². The van der Waals surface area contributed by atoms with Gasteiger partial charge in [0.1, 0.15) is 11.6 Å². The average Bonchev–Trinajstić information content (AvgIpc) is 2.72. The van der Waals surface area contributed by atoms with Crippen molar-refractivity contribution in [3.05, 3.63) is 47.8 Å². The number of anilines is 1. The lowest BCUT2D eigenvalue weighted by Crippen LogP contribution is -2.41. The molecule has 7 heteroatoms. The van der Waals surface area contributed by atoms with E-state index in [0.717, 1.165) is 21.0 Å². The fourth-order valence-electron chi connectivity index (χ4n) is 3.89. The van der Waals surface area contributed by atoms with E-state index in [-0.39, 0.29) is 11.7 Å². The minimum atomic E-state index is -0.524. The highest BCUT2D eigenvalue weighted by Gasteiger charge is 2.35. The highest BCUT2D eigenvalue weighted by molar-refractivity contribution is 7.99. The monoisotopic (exact) mass is 417 g/mol. The van der Waals surface area contributed by atoms with Crippen molar-refractivity contribution in [2.24, 2.45) is 0 Å². The van der Waals surface area contributed by atoms with Crippen LogP contribution in [0.1, 0.15) is 25.3 Å². The molecule has 0 aliphatic carbocycles. The molecule has 1 amide bonds. The van der Waals surface area contributed by atoms with E-state index in [2.05, 4.69) is 0 Å². The van der Waals surface area contributed by atoms with Crippen LogP contribution in [0, 0.1) is 5.82 Å². The summed E-state index contributed by atoms with van der Waals surface area (Å²) in [4.78, 5) is 15.4. The molecule has 1 fully saturated rings. The third-order valence-corrected chi connectivity index (χ3v) is 6.56. The molecule has 2 aromatic carbocycles. The van der Waals surface area contributed by atoms with Crippen LogP contribution in [0.25, 0.3) is 0 Å². The lowest BCUT2D eigenvalue weighted by molar-refractivity contribution is -0.125. The Morgan fingerprint density at radius 1 is 1.17 bits per heavy atom. The Balaban J connectivity index is 1.63. The molecular weight excluding hydrogens is 393 g/mol. The Morgan fingerprint density at radius 2 is 1.93 bits per heavy atom. The summed E-state index contributed by atoms with van der Waals surface area (Å²) >= 11 is 1.45. The summed E-state index contributed by atoms with van der Waals surface area (Å²) in [6.07, 6.45) is 0.868. The summed E-state index contributed by atoms with van der Waals surface area (Å²) in [5.41, 5.74) is 1.05. The van der Waals surface area contributed by atoms with E-state index in [1.807, 2.05) is 24.3 Å². The summed E-state index contributed by atoms with van der Waals surface area (Å²) in [5, 5.41) is 0. The summed E-state index contributed by atoms with van der Waals surface area (Å²) < 4.78 is 31.5. The molecule has 4 rings (SSSR count). The molecule has 1 atom stereocenters. The van der Waals surface area contributed by atoms with E-state index < -0.39 is 11.7 Å². The van der Waals surface area contributed by atoms with Crippen LogP contribution in [0.4, 0.5) is 10.1 Å². The first-order chi connectivity index (χ1) is 13.9. The van der Waals surface area contributed by atoms with Crippen molar-refractivity contribution < 1.29 is 23.4 Å². The zero-order chi connectivity index (χ0) is 20.6. The fraction of sp³-hybridized carbons (Fsp3) is 0.409. The van der Waals surface area contributed by atoms with Gasteiger partial charge in [0.25, 0.3) is 5.91 Å². The summed E-state index contributed by atoms with van der Waals surface area (Å²) in [5.74, 6) is 0.286. The number of rotatable bonds is 4. The minimum absolute atomic E-state index is 0.0750. The summed E-state index contributed by atoms with van der Waals surface area (Å²) in [7, 11) is 3.41. The molecule has 2 heterocycles. The molecule has 0 N–H and O–H groups in total. The normalized spacial score (nSPS) is 20.9. The smallest absolute Gasteiger partial charge is 0.267 e. The molecule has 0 bridgehead atoms. The standard InChI is InChI=1S/C22H24FNO4S/c1-14-21(25)24(2)19-5-4-17(13-20(19)28-14)29-18-11-15(10-16(23)12-18)22(26-3)6-8-27-9-7-22/h4-5,10-14H,6-9H2,1-3H3. The molecule has 0 spiro atoms. The number of carbonyl (C=O) groups is 1. The number of fused-ring (bicyclic) bond motifs is 1. The first-order valence-corrected chi connectivity index (χ1v) is 10.4. The lowest BCUT2D eigenvalue weighted by Gasteiger charge is -2.36. The van der Waals surface area contributed by atoms with E-state index >= 15 is 0 Å². The third-order valence-electron chi connectivity index (χ3n) is 5.60. The molecule has 0 saturated carbocycles. The topological polar surface area (TPSA) is 48.0 Å². The van der Waals surface area contributed by atoms with Crippen molar-refractivity contribution in [3.8, 4) is 5.75 Å². The van der Waals surface area contributed by atoms with Gasteiger partial charge in [-0.15, -0.1) is 0 Å². The van der Waals surface area contributed by atoms with Crippen LogP contribution in [0.5, 0.6) is 5.75 Å². The quantitative estimate of drug-likeness (QED) is 0.739. The second-order valence-electron chi connectivity index (χ2n) is 7.38. The highest BCUT2D eigenvalue weighted by atomic mass is 32.2. The number of hydrogen-bond donors (Lipinski definition) is 0. The zero-order valence-corrected chi connectivity index (χ0v) is 17.6. The van der Waals surface area contributed by atoms with Crippen molar-refractivity contribution in [2.45, 2.75) is 41.3 Å². The van der Waals surface area contributed by atoms with Crippen LogP contribution < -0.4 is 9.64 Å². The molecule has 0 radical (unpaired) electrons. The number of carbonyl (C=O) groups excluding carboxylic acids is 1. The number of benzene rings is 2. The lowest BCUT2D eigenvalue weighted by atomic mass is 9.86. The Labute approximate surface area is 174 Å². The number of ether oxygens (including phenoxy) is 3. The Kier molecular flexibility index (Phi) is 5.55. The van der Waals surface area contributed by atoms with Gasteiger partial charge < -0.3 is 19.1 Å². The Hall–Kier alpha value is -2.09. The maximum Gasteiger partial charge on any atom is 0.267 e. The molecule has 0 aromatic heterocycles. The van der Waals surface area contributed by atoms with Crippen LogP contribution >= 0.6 is 11.8 Å². The van der Waals surface area contributed by atoms with Crippen molar-refractivity contribution in [2.75, 3.05) is 32.3 Å². The fourth-order valence-corrected chi connectivity index (χ4v) is 4.83. The molecular formula is C22H24FNO4S. The van der Waals surface area contributed by atoms with E-state index in [9.17, 15) is 9.18 Å². The Bertz CT molecular complexity index is 929. The molecule has 29 heavy (non-hydrogen) atoms. The van der Waals surface area contributed by atoms with Gasteiger partial charge >= 0.3 is 0 Å². The molecule has 5 nitrogen and oxygen atoms in total. The van der Waals surface area contributed by atoms with Gasteiger partial charge in [-0.25, -0.2) is 4.39 Å². The first-order valence-electron chi connectivity index (χ1n) is 9.62. The van der Waals surface area contributed by atoms with Crippen molar-refractivity contribution >= 4 is 23.4 Å². The van der Waals surface area contributed by atoms with Crippen LogP contribution in [-0.2, 0) is 19.9 Å². The minimum Gasteiger partial charge on any atom is -0.479 e. The molecule has 2 aliphatic heterocycles. The van der Waals surface area contributed by atoms with Gasteiger partial charge in [0.2, 0.25) is 0 Å². The first kappa shape index (κ1) is 20.2. The van der Waals surface area contributed by atoms with E-state index in [0.29, 0.717) is 31.8 Å². The van der Waals surface area contributed by atoms with E-state index in [1.54, 1.807) is 32.0 Å². The highest BCUT2D eigenvalue weighted by Crippen LogP contribution is 2.41. The summed E-state index contributed by atoms with van der Waals surface area (Å²) in [6.45, 7) is 2.93. The van der Waals surface area contributed by atoms with Crippen LogP contribution in [-0.4, -0.2) is 39.4 Å². The van der Waals surface area contributed by atoms with E-state index in [4.69, 9.17) is 14.2 Å². The number of nitrogens with zero attached hydrogens (tertiary/aromatic N) is 1. The molecule has 154 valence electrons. The number of halogens is 1. The van der Waals surface area contributed by atoms with Gasteiger partial charge in [-0.05, 0) is 48.9 Å². The van der Waals surface area contributed by atoms with Gasteiger partial charge in [0.15, 0.2) is 6.10 Å². The summed E-state index contributed by atoms with van der Waals surface area (Å²) in [6, 6.07) is 10.7. The molecule has 1 unspecified atom stereocenters. The average molecular weight is 418 g/mol. The predicted octanol–water partition coefficient (Wildman–Crippen LogP) is 4.37. The van der Waals surface area contributed by atoms with Crippen molar-refractivity contribution in [3.63, 3.8) is 0 Å². The van der Waals surface area contributed by atoms with Crippen LogP contribution in [0.3, 0.4) is 0 Å². The van der Waals surface area contributed by atoms with Gasteiger partial charge in [-0.2, -0.15) is 0 Å².